The molecule has 0 saturated heterocycles. The topological polar surface area (TPSA) is 43.6 Å². The molecule has 0 spiro atoms. The van der Waals surface area contributed by atoms with Gasteiger partial charge in [0.25, 0.3) is 0 Å². The molecule has 0 bridgehead atoms. The third kappa shape index (κ3) is 2.58. The summed E-state index contributed by atoms with van der Waals surface area (Å²) >= 11 is 5.74. The van der Waals surface area contributed by atoms with Crippen LogP contribution in [0.5, 0.6) is 0 Å². The summed E-state index contributed by atoms with van der Waals surface area (Å²) in [4.78, 5) is 12.3. The molecule has 0 unspecified atom stereocenters. The Bertz CT molecular complexity index is 467. The van der Waals surface area contributed by atoms with Crippen LogP contribution in [0.15, 0.2) is 24.7 Å². The van der Waals surface area contributed by atoms with Crippen LogP contribution >= 0.6 is 11.6 Å². The molecule has 2 heterocycles. The molecule has 0 radical (unpaired) electrons. The Morgan fingerprint density at radius 2 is 2.19 bits per heavy atom. The highest BCUT2D eigenvalue weighted by molar-refractivity contribution is 6.28. The average Bonchev–Trinajstić information content (AvgIpc) is 2.66. The van der Waals surface area contributed by atoms with Gasteiger partial charge in [0.2, 0.25) is 5.28 Å². The van der Waals surface area contributed by atoms with E-state index >= 15 is 0 Å². The molecular formula is C11H13ClN4. The minimum atomic E-state index is 0.283. The monoisotopic (exact) mass is 236 g/mol. The van der Waals surface area contributed by atoms with Gasteiger partial charge in [-0.05, 0) is 24.1 Å². The van der Waals surface area contributed by atoms with E-state index in [2.05, 4.69) is 26.4 Å². The summed E-state index contributed by atoms with van der Waals surface area (Å²) in [5, 5.41) is 0.283. The molecule has 2 rings (SSSR count). The molecule has 84 valence electrons. The molecule has 0 aromatic carbocycles. The number of halogens is 1. The Balaban J connectivity index is 2.17. The Hall–Kier alpha value is -1.42. The van der Waals surface area contributed by atoms with Crippen molar-refractivity contribution in [1.29, 1.82) is 0 Å². The van der Waals surface area contributed by atoms with Crippen molar-refractivity contribution in [2.24, 2.45) is 0 Å². The van der Waals surface area contributed by atoms with E-state index in [9.17, 15) is 0 Å². The van der Waals surface area contributed by atoms with Gasteiger partial charge in [0.05, 0.1) is 5.69 Å². The maximum Gasteiger partial charge on any atom is 0.222 e. The summed E-state index contributed by atoms with van der Waals surface area (Å²) < 4.78 is 2.13. The molecule has 0 atom stereocenters. The van der Waals surface area contributed by atoms with Gasteiger partial charge in [-0.1, -0.05) is 6.92 Å². The van der Waals surface area contributed by atoms with Crippen LogP contribution < -0.4 is 0 Å². The second-order valence-corrected chi connectivity index (χ2v) is 3.87. The second-order valence-electron chi connectivity index (χ2n) is 3.53. The summed E-state index contributed by atoms with van der Waals surface area (Å²) in [6, 6.07) is 1.86. The summed E-state index contributed by atoms with van der Waals surface area (Å²) in [5.41, 5.74) is 0.892. The number of rotatable bonds is 4. The van der Waals surface area contributed by atoms with Crippen LogP contribution in [-0.2, 0) is 13.0 Å². The van der Waals surface area contributed by atoms with Crippen LogP contribution in [0, 0.1) is 0 Å². The van der Waals surface area contributed by atoms with E-state index in [0.29, 0.717) is 6.42 Å². The molecule has 2 aromatic rings. The molecule has 0 saturated carbocycles. The third-order valence-electron chi connectivity index (χ3n) is 2.29. The number of aryl methyl sites for hydroxylation is 1. The Morgan fingerprint density at radius 1 is 1.31 bits per heavy atom. The average molecular weight is 237 g/mol. The zero-order valence-electron chi connectivity index (χ0n) is 9.10. The fourth-order valence-electron chi connectivity index (χ4n) is 1.58. The standard InChI is InChI=1S/C11H13ClN4/c1-2-6-16-7-5-13-10(16)8-9-3-4-14-11(12)15-9/h3-5,7H,2,6,8H2,1H3. The van der Waals surface area contributed by atoms with Gasteiger partial charge >= 0.3 is 0 Å². The van der Waals surface area contributed by atoms with Crippen molar-refractivity contribution < 1.29 is 0 Å². The van der Waals surface area contributed by atoms with Crippen molar-refractivity contribution >= 4 is 11.6 Å². The lowest BCUT2D eigenvalue weighted by Crippen LogP contribution is -2.04. The van der Waals surface area contributed by atoms with Crippen molar-refractivity contribution in [2.75, 3.05) is 0 Å². The lowest BCUT2D eigenvalue weighted by molar-refractivity contribution is 0.644. The highest BCUT2D eigenvalue weighted by atomic mass is 35.5. The summed E-state index contributed by atoms with van der Waals surface area (Å²) in [7, 11) is 0. The largest absolute Gasteiger partial charge is 0.335 e. The third-order valence-corrected chi connectivity index (χ3v) is 2.47. The first kappa shape index (κ1) is 11.1. The van der Waals surface area contributed by atoms with E-state index in [1.165, 1.54) is 0 Å². The van der Waals surface area contributed by atoms with Gasteiger partial charge in [-0.15, -0.1) is 0 Å². The zero-order valence-corrected chi connectivity index (χ0v) is 9.85. The van der Waals surface area contributed by atoms with E-state index in [-0.39, 0.29) is 5.28 Å². The van der Waals surface area contributed by atoms with Gasteiger partial charge in [0.1, 0.15) is 5.82 Å². The van der Waals surface area contributed by atoms with Gasteiger partial charge < -0.3 is 4.57 Å². The molecule has 16 heavy (non-hydrogen) atoms. The highest BCUT2D eigenvalue weighted by Gasteiger charge is 2.05. The lowest BCUT2D eigenvalue weighted by atomic mass is 10.3. The van der Waals surface area contributed by atoms with E-state index in [1.807, 2.05) is 18.5 Å². The van der Waals surface area contributed by atoms with Crippen molar-refractivity contribution in [1.82, 2.24) is 19.5 Å². The van der Waals surface area contributed by atoms with E-state index in [1.54, 1.807) is 6.20 Å². The maximum atomic E-state index is 5.74. The Labute approximate surface area is 99.3 Å². The Kier molecular flexibility index (Phi) is 3.51. The molecule has 0 amide bonds. The highest BCUT2D eigenvalue weighted by Crippen LogP contribution is 2.08. The van der Waals surface area contributed by atoms with Crippen molar-refractivity contribution in [3.8, 4) is 0 Å². The van der Waals surface area contributed by atoms with Crippen LogP contribution in [0.2, 0.25) is 5.28 Å². The minimum Gasteiger partial charge on any atom is -0.335 e. The number of hydrogen-bond donors (Lipinski definition) is 0. The van der Waals surface area contributed by atoms with Crippen LogP contribution in [-0.4, -0.2) is 19.5 Å². The maximum absolute atomic E-state index is 5.74. The molecule has 5 heteroatoms. The van der Waals surface area contributed by atoms with Crippen LogP contribution in [0.3, 0.4) is 0 Å². The minimum absolute atomic E-state index is 0.283. The molecule has 0 aliphatic carbocycles. The number of imidazole rings is 1. The summed E-state index contributed by atoms with van der Waals surface area (Å²) in [6.07, 6.45) is 7.25. The predicted octanol–water partition coefficient (Wildman–Crippen LogP) is 2.33. The van der Waals surface area contributed by atoms with Crippen molar-refractivity contribution in [3.63, 3.8) is 0 Å². The normalized spacial score (nSPS) is 10.6. The number of nitrogens with zero attached hydrogens (tertiary/aromatic N) is 4. The number of aromatic nitrogens is 4. The number of hydrogen-bond acceptors (Lipinski definition) is 3. The molecule has 0 aliphatic rings. The van der Waals surface area contributed by atoms with Crippen LogP contribution in [0.4, 0.5) is 0 Å². The molecule has 2 aromatic heterocycles. The second kappa shape index (κ2) is 5.07. The first-order valence-electron chi connectivity index (χ1n) is 5.27. The molecule has 0 aliphatic heterocycles. The Morgan fingerprint density at radius 3 is 2.94 bits per heavy atom. The van der Waals surface area contributed by atoms with E-state index in [0.717, 1.165) is 24.5 Å². The molecular weight excluding hydrogens is 224 g/mol. The quantitative estimate of drug-likeness (QED) is 0.766. The summed E-state index contributed by atoms with van der Waals surface area (Å²) in [6.45, 7) is 3.12. The fourth-order valence-corrected chi connectivity index (χ4v) is 1.75. The van der Waals surface area contributed by atoms with Gasteiger partial charge in [-0.3, -0.25) is 0 Å². The van der Waals surface area contributed by atoms with Gasteiger partial charge in [-0.2, -0.15) is 0 Å². The fraction of sp³-hybridized carbons (Fsp3) is 0.364. The van der Waals surface area contributed by atoms with Gasteiger partial charge in [0.15, 0.2) is 0 Å². The molecule has 0 fully saturated rings. The SMILES string of the molecule is CCCn1ccnc1Cc1ccnc(Cl)n1. The van der Waals surface area contributed by atoms with Crippen LogP contribution in [0.1, 0.15) is 24.9 Å². The van der Waals surface area contributed by atoms with Gasteiger partial charge in [0, 0.05) is 31.6 Å². The smallest absolute Gasteiger partial charge is 0.222 e. The zero-order chi connectivity index (χ0) is 11.4. The first-order valence-corrected chi connectivity index (χ1v) is 5.65. The van der Waals surface area contributed by atoms with Gasteiger partial charge in [-0.25, -0.2) is 15.0 Å². The van der Waals surface area contributed by atoms with Crippen molar-refractivity contribution in [3.05, 3.63) is 41.5 Å². The van der Waals surface area contributed by atoms with E-state index in [4.69, 9.17) is 11.6 Å². The summed E-state index contributed by atoms with van der Waals surface area (Å²) in [5.74, 6) is 1.01. The van der Waals surface area contributed by atoms with E-state index < -0.39 is 0 Å². The molecule has 4 nitrogen and oxygen atoms in total. The molecule has 0 N–H and O–H groups in total. The first-order chi connectivity index (χ1) is 7.79. The predicted molar refractivity (Wildman–Crippen MR) is 62.4 cm³/mol. The lowest BCUT2D eigenvalue weighted by Gasteiger charge is -2.05. The van der Waals surface area contributed by atoms with Crippen molar-refractivity contribution in [2.45, 2.75) is 26.3 Å². The van der Waals surface area contributed by atoms with Crippen LogP contribution in [0.25, 0.3) is 0 Å².